The summed E-state index contributed by atoms with van der Waals surface area (Å²) in [6.07, 6.45) is -5.55. The van der Waals surface area contributed by atoms with E-state index >= 15 is 0 Å². The average molecular weight is 388 g/mol. The van der Waals surface area contributed by atoms with Gasteiger partial charge < -0.3 is 19.3 Å². The summed E-state index contributed by atoms with van der Waals surface area (Å²) >= 11 is 0. The Morgan fingerprint density at radius 1 is 1.12 bits per heavy atom. The van der Waals surface area contributed by atoms with Gasteiger partial charge in [-0.15, -0.1) is 0 Å². The van der Waals surface area contributed by atoms with Crippen molar-refractivity contribution in [2.75, 3.05) is 6.61 Å². The van der Waals surface area contributed by atoms with Crippen LogP contribution in [0.4, 0.5) is 0 Å². The van der Waals surface area contributed by atoms with Crippen LogP contribution in [0.1, 0.15) is 19.4 Å². The highest BCUT2D eigenvalue weighted by molar-refractivity contribution is 7.86. The van der Waals surface area contributed by atoms with Crippen molar-refractivity contribution >= 4 is 22.1 Å². The topological polar surface area (TPSA) is 125 Å². The van der Waals surface area contributed by atoms with Crippen LogP contribution in [0.15, 0.2) is 29.2 Å². The number of carbonyl (C=O) groups is 2. The number of hydrogen-bond acceptors (Lipinski definition) is 9. The van der Waals surface area contributed by atoms with Crippen LogP contribution in [0.3, 0.4) is 0 Å². The standard InChI is InChI=1S/C16H20O9S/c1-9-4-6-12(7-5-9)26(20,21)25-14-13(8-22-10(2)17)24-16(19)15(14)23-11(3)18/h4-7,13-16,19H,8H2,1-3H3/t13-,14+,15+,16-/m0/s1. The molecular weight excluding hydrogens is 368 g/mol. The molecule has 4 atom stereocenters. The van der Waals surface area contributed by atoms with E-state index < -0.39 is 46.7 Å². The van der Waals surface area contributed by atoms with Crippen molar-refractivity contribution in [2.24, 2.45) is 0 Å². The summed E-state index contributed by atoms with van der Waals surface area (Å²) in [5.41, 5.74) is 0.856. The summed E-state index contributed by atoms with van der Waals surface area (Å²) in [7, 11) is -4.25. The van der Waals surface area contributed by atoms with Gasteiger partial charge in [0.25, 0.3) is 10.1 Å². The molecule has 1 saturated heterocycles. The molecule has 0 radical (unpaired) electrons. The molecule has 0 aromatic heterocycles. The van der Waals surface area contributed by atoms with E-state index in [4.69, 9.17) is 18.4 Å². The predicted molar refractivity (Wildman–Crippen MR) is 86.3 cm³/mol. The molecule has 144 valence electrons. The van der Waals surface area contributed by atoms with Gasteiger partial charge in [-0.05, 0) is 19.1 Å². The van der Waals surface area contributed by atoms with Crippen molar-refractivity contribution in [1.82, 2.24) is 0 Å². The van der Waals surface area contributed by atoms with E-state index in [1.54, 1.807) is 19.1 Å². The number of aliphatic hydroxyl groups is 1. The first-order valence-electron chi connectivity index (χ1n) is 7.74. The predicted octanol–water partition coefficient (Wildman–Crippen LogP) is 0.281. The minimum atomic E-state index is -4.25. The second kappa shape index (κ2) is 8.12. The summed E-state index contributed by atoms with van der Waals surface area (Å²) in [6.45, 7) is 3.67. The van der Waals surface area contributed by atoms with E-state index in [-0.39, 0.29) is 11.5 Å². The second-order valence-corrected chi connectivity index (χ2v) is 7.34. The highest BCUT2D eigenvalue weighted by Gasteiger charge is 2.50. The molecule has 1 N–H and O–H groups in total. The molecule has 0 saturated carbocycles. The number of carbonyl (C=O) groups excluding carboxylic acids is 2. The Morgan fingerprint density at radius 3 is 2.27 bits per heavy atom. The van der Waals surface area contributed by atoms with Crippen LogP contribution in [0.5, 0.6) is 0 Å². The molecular formula is C16H20O9S. The molecule has 0 unspecified atom stereocenters. The molecule has 2 rings (SSSR count). The molecule has 1 aromatic carbocycles. The Labute approximate surface area is 150 Å². The lowest BCUT2D eigenvalue weighted by molar-refractivity contribution is -0.171. The monoisotopic (exact) mass is 388 g/mol. The normalized spacial score (nSPS) is 25.7. The fraction of sp³-hybridized carbons (Fsp3) is 0.500. The zero-order chi connectivity index (χ0) is 19.5. The maximum Gasteiger partial charge on any atom is 0.303 e. The number of esters is 2. The van der Waals surface area contributed by atoms with Gasteiger partial charge in [0.1, 0.15) is 18.8 Å². The molecule has 0 amide bonds. The van der Waals surface area contributed by atoms with E-state index in [0.717, 1.165) is 19.4 Å². The van der Waals surface area contributed by atoms with Crippen molar-refractivity contribution < 1.29 is 41.5 Å². The molecule has 9 nitrogen and oxygen atoms in total. The molecule has 0 aliphatic carbocycles. The number of rotatable bonds is 6. The van der Waals surface area contributed by atoms with E-state index in [1.165, 1.54) is 12.1 Å². The maximum absolute atomic E-state index is 12.5. The molecule has 1 fully saturated rings. The van der Waals surface area contributed by atoms with Crippen LogP contribution in [-0.4, -0.2) is 56.7 Å². The lowest BCUT2D eigenvalue weighted by Crippen LogP contribution is -2.41. The molecule has 1 aliphatic heterocycles. The first-order chi connectivity index (χ1) is 12.1. The number of aryl methyl sites for hydroxylation is 1. The molecule has 10 heteroatoms. The largest absolute Gasteiger partial charge is 0.463 e. The summed E-state index contributed by atoms with van der Waals surface area (Å²) in [4.78, 5) is 22.1. The number of benzene rings is 1. The van der Waals surface area contributed by atoms with Crippen molar-refractivity contribution in [1.29, 1.82) is 0 Å². The zero-order valence-electron chi connectivity index (χ0n) is 14.4. The van der Waals surface area contributed by atoms with Crippen LogP contribution in [0.25, 0.3) is 0 Å². The summed E-state index contributed by atoms with van der Waals surface area (Å²) in [5.74, 6) is -1.38. The number of aliphatic hydroxyl groups excluding tert-OH is 1. The number of hydrogen-bond donors (Lipinski definition) is 1. The molecule has 26 heavy (non-hydrogen) atoms. The van der Waals surface area contributed by atoms with Gasteiger partial charge in [0.05, 0.1) is 4.90 Å². The fourth-order valence-corrected chi connectivity index (χ4v) is 3.49. The van der Waals surface area contributed by atoms with Gasteiger partial charge in [-0.1, -0.05) is 17.7 Å². The van der Waals surface area contributed by atoms with E-state index in [1.807, 2.05) is 0 Å². The molecule has 1 heterocycles. The third kappa shape index (κ3) is 5.01. The SMILES string of the molecule is CC(=O)OC[C@@H]1O[C@H](O)[C@H](OC(C)=O)[C@@H]1OS(=O)(=O)c1ccc(C)cc1. The van der Waals surface area contributed by atoms with E-state index in [2.05, 4.69) is 0 Å². The Morgan fingerprint density at radius 2 is 1.73 bits per heavy atom. The van der Waals surface area contributed by atoms with Gasteiger partial charge in [0, 0.05) is 13.8 Å². The summed E-state index contributed by atoms with van der Waals surface area (Å²) in [6, 6.07) is 5.91. The number of ether oxygens (including phenoxy) is 3. The van der Waals surface area contributed by atoms with Crippen LogP contribution in [0.2, 0.25) is 0 Å². The molecule has 1 aliphatic rings. The van der Waals surface area contributed by atoms with Crippen LogP contribution >= 0.6 is 0 Å². The van der Waals surface area contributed by atoms with Gasteiger partial charge in [0.15, 0.2) is 12.4 Å². The Hall–Kier alpha value is -2.01. The average Bonchev–Trinajstić information content (AvgIpc) is 2.81. The smallest absolute Gasteiger partial charge is 0.303 e. The van der Waals surface area contributed by atoms with Crippen molar-refractivity contribution in [3.05, 3.63) is 29.8 Å². The quantitative estimate of drug-likeness (QED) is 0.540. The van der Waals surface area contributed by atoms with Crippen molar-refractivity contribution in [3.63, 3.8) is 0 Å². The Bertz CT molecular complexity index is 756. The molecule has 0 bridgehead atoms. The van der Waals surface area contributed by atoms with Crippen molar-refractivity contribution in [3.8, 4) is 0 Å². The first kappa shape index (κ1) is 20.3. The van der Waals surface area contributed by atoms with Crippen LogP contribution < -0.4 is 0 Å². The third-order valence-corrected chi connectivity index (χ3v) is 4.91. The Kier molecular flexibility index (Phi) is 6.34. The van der Waals surface area contributed by atoms with Gasteiger partial charge in [-0.2, -0.15) is 8.42 Å². The van der Waals surface area contributed by atoms with Gasteiger partial charge in [0.2, 0.25) is 0 Å². The van der Waals surface area contributed by atoms with Gasteiger partial charge in [-0.25, -0.2) is 0 Å². The first-order valence-corrected chi connectivity index (χ1v) is 9.15. The molecule has 0 spiro atoms. The van der Waals surface area contributed by atoms with E-state index in [9.17, 15) is 23.1 Å². The Balaban J connectivity index is 2.26. The lowest BCUT2D eigenvalue weighted by Gasteiger charge is -2.22. The minimum Gasteiger partial charge on any atom is -0.463 e. The van der Waals surface area contributed by atoms with Gasteiger partial charge >= 0.3 is 11.9 Å². The molecule has 1 aromatic rings. The minimum absolute atomic E-state index is 0.114. The van der Waals surface area contributed by atoms with Crippen LogP contribution in [-0.2, 0) is 38.1 Å². The maximum atomic E-state index is 12.5. The highest BCUT2D eigenvalue weighted by Crippen LogP contribution is 2.29. The second-order valence-electron chi connectivity index (χ2n) is 5.77. The van der Waals surface area contributed by atoms with E-state index in [0.29, 0.717) is 0 Å². The third-order valence-electron chi connectivity index (χ3n) is 3.59. The summed E-state index contributed by atoms with van der Waals surface area (Å²) in [5, 5.41) is 9.93. The van der Waals surface area contributed by atoms with Crippen LogP contribution in [0, 0.1) is 6.92 Å². The summed E-state index contributed by atoms with van der Waals surface area (Å²) < 4.78 is 45.1. The van der Waals surface area contributed by atoms with Gasteiger partial charge in [-0.3, -0.25) is 13.8 Å². The zero-order valence-corrected chi connectivity index (χ0v) is 15.3. The van der Waals surface area contributed by atoms with Crippen molar-refractivity contribution in [2.45, 2.75) is 50.3 Å². The highest BCUT2D eigenvalue weighted by atomic mass is 32.2. The fourth-order valence-electron chi connectivity index (χ4n) is 2.38. The lowest BCUT2D eigenvalue weighted by atomic mass is 10.1.